The molecule has 0 atom stereocenters. The first-order valence-electron chi connectivity index (χ1n) is 6.73. The fourth-order valence-electron chi connectivity index (χ4n) is 1.85. The maximum absolute atomic E-state index is 11.9. The number of nitrogens with zero attached hydrogens (tertiary/aromatic N) is 4. The fourth-order valence-corrected chi connectivity index (χ4v) is 2.02. The lowest BCUT2D eigenvalue weighted by Gasteiger charge is -2.09. The number of tetrazole rings is 1. The predicted molar refractivity (Wildman–Crippen MR) is 80.3 cm³/mol. The lowest BCUT2D eigenvalue weighted by Crippen LogP contribution is -2.12. The van der Waals surface area contributed by atoms with Crippen molar-refractivity contribution in [3.63, 3.8) is 0 Å². The molecule has 0 spiro atoms. The number of anilines is 1. The molecule has 0 bridgehead atoms. The molecule has 21 heavy (non-hydrogen) atoms. The van der Waals surface area contributed by atoms with Gasteiger partial charge in [0.2, 0.25) is 5.91 Å². The van der Waals surface area contributed by atoms with Gasteiger partial charge in [0.25, 0.3) is 0 Å². The van der Waals surface area contributed by atoms with E-state index in [1.54, 1.807) is 18.2 Å². The Balaban J connectivity index is 1.99. The molecule has 0 aliphatic rings. The topological polar surface area (TPSA) is 98.7 Å². The third-order valence-electron chi connectivity index (χ3n) is 2.95. The van der Waals surface area contributed by atoms with E-state index < -0.39 is 0 Å². The zero-order valence-corrected chi connectivity index (χ0v) is 12.3. The van der Waals surface area contributed by atoms with E-state index in [4.69, 9.17) is 17.3 Å². The largest absolute Gasteiger partial charge is 0.330 e. The van der Waals surface area contributed by atoms with E-state index in [0.717, 1.165) is 24.9 Å². The molecule has 2 rings (SSSR count). The van der Waals surface area contributed by atoms with Gasteiger partial charge in [-0.3, -0.25) is 4.79 Å². The summed E-state index contributed by atoms with van der Waals surface area (Å²) in [5.74, 6) is -0.0669. The van der Waals surface area contributed by atoms with E-state index in [2.05, 4.69) is 20.8 Å². The molecule has 0 aliphatic heterocycles. The van der Waals surface area contributed by atoms with Gasteiger partial charge >= 0.3 is 0 Å². The summed E-state index contributed by atoms with van der Waals surface area (Å²) in [5, 5.41) is 14.2. The molecular formula is C13H17ClN6O. The van der Waals surface area contributed by atoms with Gasteiger partial charge in [0.05, 0.1) is 16.4 Å². The van der Waals surface area contributed by atoms with Gasteiger partial charge in [0, 0.05) is 6.42 Å². The molecular weight excluding hydrogens is 292 g/mol. The van der Waals surface area contributed by atoms with E-state index in [1.165, 1.54) is 11.0 Å². The summed E-state index contributed by atoms with van der Waals surface area (Å²) in [4.78, 5) is 11.9. The quantitative estimate of drug-likeness (QED) is 0.760. The number of nitrogens with two attached hydrogens (primary N) is 1. The van der Waals surface area contributed by atoms with Gasteiger partial charge in [-0.2, -0.15) is 0 Å². The summed E-state index contributed by atoms with van der Waals surface area (Å²) >= 11 is 6.09. The molecule has 8 heteroatoms. The maximum Gasteiger partial charge on any atom is 0.224 e. The highest BCUT2D eigenvalue weighted by molar-refractivity contribution is 6.33. The highest BCUT2D eigenvalue weighted by Gasteiger charge is 2.08. The first kappa shape index (κ1) is 15.4. The van der Waals surface area contributed by atoms with Crippen LogP contribution in [0.1, 0.15) is 25.7 Å². The molecule has 1 heterocycles. The summed E-state index contributed by atoms with van der Waals surface area (Å²) in [7, 11) is 0. The molecule has 1 amide bonds. The SMILES string of the molecule is NCCCCCC(=O)Nc1cc(-n2cnnn2)ccc1Cl. The number of nitrogens with one attached hydrogen (secondary N) is 1. The van der Waals surface area contributed by atoms with E-state index in [0.29, 0.717) is 23.7 Å². The van der Waals surface area contributed by atoms with Gasteiger partial charge in [-0.1, -0.05) is 18.0 Å². The van der Waals surface area contributed by atoms with Crippen molar-refractivity contribution in [1.82, 2.24) is 20.2 Å². The van der Waals surface area contributed by atoms with Crippen molar-refractivity contribution in [3.8, 4) is 5.69 Å². The summed E-state index contributed by atoms with van der Waals surface area (Å²) in [6.45, 7) is 0.654. The van der Waals surface area contributed by atoms with Crippen LogP contribution in [0.25, 0.3) is 5.69 Å². The van der Waals surface area contributed by atoms with Crippen LogP contribution in [0.4, 0.5) is 5.69 Å². The van der Waals surface area contributed by atoms with Crippen molar-refractivity contribution >= 4 is 23.2 Å². The van der Waals surface area contributed by atoms with Gasteiger partial charge in [0.1, 0.15) is 6.33 Å². The van der Waals surface area contributed by atoms with Crippen LogP contribution in [-0.2, 0) is 4.79 Å². The van der Waals surface area contributed by atoms with Gasteiger partial charge in [-0.15, -0.1) is 5.10 Å². The number of carbonyl (C=O) groups excluding carboxylic acids is 1. The number of rotatable bonds is 7. The molecule has 2 aromatic rings. The number of aromatic nitrogens is 4. The highest BCUT2D eigenvalue weighted by Crippen LogP contribution is 2.24. The molecule has 1 aromatic heterocycles. The number of hydrogen-bond acceptors (Lipinski definition) is 5. The van der Waals surface area contributed by atoms with E-state index in [1.807, 2.05) is 0 Å². The third kappa shape index (κ3) is 4.51. The Hall–Kier alpha value is -1.99. The van der Waals surface area contributed by atoms with Crippen LogP contribution in [0.5, 0.6) is 0 Å². The second kappa shape index (κ2) is 7.70. The van der Waals surface area contributed by atoms with Crippen LogP contribution in [-0.4, -0.2) is 32.7 Å². The van der Waals surface area contributed by atoms with Gasteiger partial charge in [-0.25, -0.2) is 4.68 Å². The number of unbranched alkanes of at least 4 members (excludes halogenated alkanes) is 2. The van der Waals surface area contributed by atoms with E-state index in [9.17, 15) is 4.79 Å². The minimum Gasteiger partial charge on any atom is -0.330 e. The van der Waals surface area contributed by atoms with Crippen LogP contribution in [0, 0.1) is 0 Å². The standard InChI is InChI=1S/C13H17ClN6O/c14-11-6-5-10(20-9-16-18-19-20)8-12(11)17-13(21)4-2-1-3-7-15/h5-6,8-9H,1-4,7,15H2,(H,17,21). The maximum atomic E-state index is 11.9. The third-order valence-corrected chi connectivity index (χ3v) is 3.28. The molecule has 7 nitrogen and oxygen atoms in total. The number of halogens is 1. The van der Waals surface area contributed by atoms with Crippen molar-refractivity contribution in [1.29, 1.82) is 0 Å². The Morgan fingerprint density at radius 3 is 2.90 bits per heavy atom. The predicted octanol–water partition coefficient (Wildman–Crippen LogP) is 1.77. The van der Waals surface area contributed by atoms with Gasteiger partial charge < -0.3 is 11.1 Å². The van der Waals surface area contributed by atoms with Gasteiger partial charge in [-0.05, 0) is 48.0 Å². The Morgan fingerprint density at radius 1 is 1.33 bits per heavy atom. The van der Waals surface area contributed by atoms with Crippen LogP contribution < -0.4 is 11.1 Å². The summed E-state index contributed by atoms with van der Waals surface area (Å²) < 4.78 is 1.49. The number of amides is 1. The molecule has 112 valence electrons. The minimum atomic E-state index is -0.0669. The van der Waals surface area contributed by atoms with Crippen LogP contribution in [0.15, 0.2) is 24.5 Å². The van der Waals surface area contributed by atoms with E-state index >= 15 is 0 Å². The smallest absolute Gasteiger partial charge is 0.224 e. The Morgan fingerprint density at radius 2 is 2.19 bits per heavy atom. The zero-order chi connectivity index (χ0) is 15.1. The highest BCUT2D eigenvalue weighted by atomic mass is 35.5. The Kier molecular flexibility index (Phi) is 5.65. The molecule has 0 unspecified atom stereocenters. The molecule has 3 N–H and O–H groups in total. The van der Waals surface area contributed by atoms with Crippen molar-refractivity contribution in [2.45, 2.75) is 25.7 Å². The molecule has 0 saturated heterocycles. The summed E-state index contributed by atoms with van der Waals surface area (Å²) in [6, 6.07) is 5.20. The normalized spacial score (nSPS) is 10.6. The van der Waals surface area contributed by atoms with E-state index in [-0.39, 0.29) is 5.91 Å². The molecule has 1 aromatic carbocycles. The minimum absolute atomic E-state index is 0.0669. The van der Waals surface area contributed by atoms with Gasteiger partial charge in [0.15, 0.2) is 0 Å². The molecule has 0 saturated carbocycles. The Labute approximate surface area is 127 Å². The van der Waals surface area contributed by atoms with Crippen molar-refractivity contribution in [2.24, 2.45) is 5.73 Å². The van der Waals surface area contributed by atoms with Crippen molar-refractivity contribution in [2.75, 3.05) is 11.9 Å². The monoisotopic (exact) mass is 308 g/mol. The molecule has 0 aliphatic carbocycles. The zero-order valence-electron chi connectivity index (χ0n) is 11.5. The lowest BCUT2D eigenvalue weighted by atomic mass is 10.2. The molecule has 0 fully saturated rings. The summed E-state index contributed by atoms with van der Waals surface area (Å²) in [6.07, 6.45) is 4.62. The second-order valence-corrected chi connectivity index (χ2v) is 4.97. The fraction of sp³-hybridized carbons (Fsp3) is 0.385. The first-order valence-corrected chi connectivity index (χ1v) is 7.11. The number of hydrogen-bond donors (Lipinski definition) is 2. The van der Waals surface area contributed by atoms with Crippen LogP contribution >= 0.6 is 11.6 Å². The summed E-state index contributed by atoms with van der Waals surface area (Å²) in [5.41, 5.74) is 6.69. The van der Waals surface area contributed by atoms with Crippen LogP contribution in [0.2, 0.25) is 5.02 Å². The Bertz CT molecular complexity index is 586. The van der Waals surface area contributed by atoms with Crippen molar-refractivity contribution in [3.05, 3.63) is 29.5 Å². The van der Waals surface area contributed by atoms with Crippen LogP contribution in [0.3, 0.4) is 0 Å². The molecule has 0 radical (unpaired) electrons. The average Bonchev–Trinajstić information content (AvgIpc) is 3.00. The average molecular weight is 309 g/mol. The lowest BCUT2D eigenvalue weighted by molar-refractivity contribution is -0.116. The first-order chi connectivity index (χ1) is 10.2. The second-order valence-electron chi connectivity index (χ2n) is 4.57. The van der Waals surface area contributed by atoms with Crippen molar-refractivity contribution < 1.29 is 4.79 Å². The number of benzene rings is 1. The number of carbonyl (C=O) groups is 1.